The van der Waals surface area contributed by atoms with Crippen molar-refractivity contribution in [2.75, 3.05) is 18.0 Å². The Morgan fingerprint density at radius 1 is 0.977 bits per heavy atom. The Balaban J connectivity index is 2.08. The van der Waals surface area contributed by atoms with Gasteiger partial charge in [-0.05, 0) is 75.2 Å². The second kappa shape index (κ2) is 13.9. The molecule has 2 amide bonds. The number of aryl methyl sites for hydroxylation is 1. The van der Waals surface area contributed by atoms with Gasteiger partial charge < -0.3 is 15.0 Å². The van der Waals surface area contributed by atoms with E-state index in [-0.39, 0.29) is 23.2 Å². The van der Waals surface area contributed by atoms with Crippen LogP contribution in [0.4, 0.5) is 18.9 Å². The molecule has 0 bridgehead atoms. The van der Waals surface area contributed by atoms with Gasteiger partial charge in [-0.15, -0.1) is 0 Å². The first-order chi connectivity index (χ1) is 20.2. The molecule has 0 aliphatic carbocycles. The summed E-state index contributed by atoms with van der Waals surface area (Å²) >= 11 is 0. The van der Waals surface area contributed by atoms with Crippen LogP contribution in [0.3, 0.4) is 0 Å². The summed E-state index contributed by atoms with van der Waals surface area (Å²) in [6.07, 6.45) is -4.11. The normalized spacial score (nSPS) is 13.1. The third-order valence-corrected chi connectivity index (χ3v) is 8.82. The molecule has 232 valence electrons. The highest BCUT2D eigenvalue weighted by Gasteiger charge is 2.35. The van der Waals surface area contributed by atoms with Crippen molar-refractivity contribution in [1.82, 2.24) is 10.2 Å². The lowest BCUT2D eigenvalue weighted by Gasteiger charge is -2.32. The molecule has 0 fully saturated rings. The van der Waals surface area contributed by atoms with E-state index in [1.807, 2.05) is 13.8 Å². The van der Waals surface area contributed by atoms with Crippen LogP contribution in [-0.4, -0.2) is 50.9 Å². The number of methoxy groups -OCH3 is 1. The number of benzene rings is 3. The van der Waals surface area contributed by atoms with Gasteiger partial charge in [0, 0.05) is 12.6 Å². The van der Waals surface area contributed by atoms with E-state index in [1.165, 1.54) is 37.1 Å². The first kappa shape index (κ1) is 33.4. The van der Waals surface area contributed by atoms with Crippen LogP contribution in [0.25, 0.3) is 0 Å². The molecule has 0 spiro atoms. The van der Waals surface area contributed by atoms with Crippen molar-refractivity contribution in [3.63, 3.8) is 0 Å². The van der Waals surface area contributed by atoms with Crippen molar-refractivity contribution < 1.29 is 35.9 Å². The van der Waals surface area contributed by atoms with Crippen molar-refractivity contribution in [2.45, 2.75) is 63.8 Å². The first-order valence-electron chi connectivity index (χ1n) is 13.7. The number of carbonyl (C=O) groups is 2. The number of nitrogens with zero attached hydrogens (tertiary/aromatic N) is 2. The summed E-state index contributed by atoms with van der Waals surface area (Å²) in [4.78, 5) is 28.1. The van der Waals surface area contributed by atoms with Crippen molar-refractivity contribution >= 4 is 27.5 Å². The minimum atomic E-state index is -4.75. The quantitative estimate of drug-likeness (QED) is 0.287. The van der Waals surface area contributed by atoms with E-state index >= 15 is 0 Å². The molecule has 12 heteroatoms. The molecular weight excluding hydrogens is 583 g/mol. The van der Waals surface area contributed by atoms with E-state index in [4.69, 9.17) is 4.74 Å². The Bertz CT molecular complexity index is 1510. The zero-order valence-electron chi connectivity index (χ0n) is 24.7. The predicted molar refractivity (Wildman–Crippen MR) is 158 cm³/mol. The maximum Gasteiger partial charge on any atom is 0.416 e. The number of carbonyl (C=O) groups excluding carboxylic acids is 2. The van der Waals surface area contributed by atoms with Gasteiger partial charge in [-0.2, -0.15) is 13.2 Å². The molecule has 3 rings (SSSR count). The fourth-order valence-electron chi connectivity index (χ4n) is 4.18. The number of hydrogen-bond acceptors (Lipinski definition) is 5. The molecule has 0 aliphatic rings. The van der Waals surface area contributed by atoms with Gasteiger partial charge in [0.2, 0.25) is 11.8 Å². The maximum atomic E-state index is 14.0. The number of amides is 2. The summed E-state index contributed by atoms with van der Waals surface area (Å²) in [5.41, 5.74) is -0.0143. The lowest BCUT2D eigenvalue weighted by Crippen LogP contribution is -2.52. The van der Waals surface area contributed by atoms with E-state index in [2.05, 4.69) is 5.32 Å². The average Bonchev–Trinajstić information content (AvgIpc) is 2.98. The Labute approximate surface area is 250 Å². The van der Waals surface area contributed by atoms with Gasteiger partial charge in [0.25, 0.3) is 10.0 Å². The number of anilines is 1. The maximum absolute atomic E-state index is 14.0. The number of hydrogen-bond donors (Lipinski definition) is 1. The Morgan fingerprint density at radius 3 is 2.16 bits per heavy atom. The van der Waals surface area contributed by atoms with Crippen molar-refractivity contribution in [3.05, 3.63) is 89.5 Å². The molecule has 3 aromatic carbocycles. The van der Waals surface area contributed by atoms with E-state index in [1.54, 1.807) is 43.3 Å². The second-order valence-corrected chi connectivity index (χ2v) is 12.1. The van der Waals surface area contributed by atoms with E-state index in [0.29, 0.717) is 28.1 Å². The monoisotopic (exact) mass is 619 g/mol. The lowest BCUT2D eigenvalue weighted by molar-refractivity contribution is -0.139. The van der Waals surface area contributed by atoms with Gasteiger partial charge >= 0.3 is 6.18 Å². The molecule has 8 nitrogen and oxygen atoms in total. The van der Waals surface area contributed by atoms with Crippen LogP contribution < -0.4 is 14.4 Å². The fourth-order valence-corrected chi connectivity index (χ4v) is 5.59. The van der Waals surface area contributed by atoms with E-state index in [0.717, 1.165) is 17.7 Å². The summed E-state index contributed by atoms with van der Waals surface area (Å²) in [5.74, 6) is -0.664. The van der Waals surface area contributed by atoms with E-state index < -0.39 is 46.2 Å². The predicted octanol–water partition coefficient (Wildman–Crippen LogP) is 5.55. The molecule has 0 radical (unpaired) electrons. The first-order valence-corrected chi connectivity index (χ1v) is 15.1. The minimum absolute atomic E-state index is 0.0705. The van der Waals surface area contributed by atoms with Crippen LogP contribution in [0.1, 0.15) is 43.9 Å². The number of rotatable bonds is 12. The van der Waals surface area contributed by atoms with Crippen LogP contribution in [0.15, 0.2) is 77.7 Å². The van der Waals surface area contributed by atoms with Crippen LogP contribution in [0.5, 0.6) is 5.75 Å². The number of alkyl halides is 3. The molecule has 3 aromatic rings. The zero-order valence-corrected chi connectivity index (χ0v) is 25.5. The lowest BCUT2D eigenvalue weighted by atomic mass is 10.1. The van der Waals surface area contributed by atoms with E-state index in [9.17, 15) is 31.2 Å². The molecule has 0 aromatic heterocycles. The molecular formula is C31H36F3N3O5S. The number of nitrogens with one attached hydrogen (secondary N) is 1. The SMILES string of the molecule is CC[C@@H](C)NC(=O)[C@@H](C)N(Cc1ccc(OC)cc1)C(=O)CN(c1cccc(C(F)(F)F)c1)S(=O)(=O)c1ccc(C)cc1. The topological polar surface area (TPSA) is 96.0 Å². The highest BCUT2D eigenvalue weighted by atomic mass is 32.2. The van der Waals surface area contributed by atoms with Gasteiger partial charge in [-0.1, -0.05) is 42.8 Å². The molecule has 0 aliphatic heterocycles. The van der Waals surface area contributed by atoms with Crippen molar-refractivity contribution in [3.8, 4) is 5.75 Å². The van der Waals surface area contributed by atoms with Gasteiger partial charge in [-0.3, -0.25) is 13.9 Å². The van der Waals surface area contributed by atoms with Gasteiger partial charge in [0.15, 0.2) is 0 Å². The number of ether oxygens (including phenoxy) is 1. The standard InChI is InChI=1S/C31H36F3N3O5S/c1-6-22(3)35-30(39)23(4)36(19-24-12-14-27(42-5)15-13-24)29(38)20-37(26-9-7-8-25(18-26)31(32,33)34)43(40,41)28-16-10-21(2)11-17-28/h7-18,22-23H,6,19-20H2,1-5H3,(H,35,39)/t22-,23-/m1/s1. The third kappa shape index (κ3) is 8.50. The summed E-state index contributed by atoms with van der Waals surface area (Å²) in [5, 5.41) is 2.83. The highest BCUT2D eigenvalue weighted by Crippen LogP contribution is 2.33. The second-order valence-electron chi connectivity index (χ2n) is 10.2. The summed E-state index contributed by atoms with van der Waals surface area (Å²) in [6.45, 7) is 6.05. The van der Waals surface area contributed by atoms with Gasteiger partial charge in [-0.25, -0.2) is 8.42 Å². The summed E-state index contributed by atoms with van der Waals surface area (Å²) in [7, 11) is -3.01. The van der Waals surface area contributed by atoms with Crippen molar-refractivity contribution in [1.29, 1.82) is 0 Å². The molecule has 0 saturated carbocycles. The molecule has 0 saturated heterocycles. The molecule has 43 heavy (non-hydrogen) atoms. The molecule has 1 N–H and O–H groups in total. The fraction of sp³-hybridized carbons (Fsp3) is 0.355. The molecule has 0 heterocycles. The van der Waals surface area contributed by atoms with Crippen LogP contribution in [-0.2, 0) is 32.3 Å². The van der Waals surface area contributed by atoms with Gasteiger partial charge in [0.1, 0.15) is 18.3 Å². The smallest absolute Gasteiger partial charge is 0.416 e. The van der Waals surface area contributed by atoms with Crippen molar-refractivity contribution in [2.24, 2.45) is 0 Å². The molecule has 2 atom stereocenters. The summed E-state index contributed by atoms with van der Waals surface area (Å²) < 4.78 is 74.4. The number of sulfonamides is 1. The minimum Gasteiger partial charge on any atom is -0.497 e. The van der Waals surface area contributed by atoms with Crippen LogP contribution in [0, 0.1) is 6.92 Å². The largest absolute Gasteiger partial charge is 0.497 e. The Hall–Kier alpha value is -4.06. The summed E-state index contributed by atoms with van der Waals surface area (Å²) in [6, 6.07) is 15.1. The Kier molecular flexibility index (Phi) is 10.8. The third-order valence-electron chi connectivity index (χ3n) is 7.03. The van der Waals surface area contributed by atoms with Crippen LogP contribution >= 0.6 is 0 Å². The van der Waals surface area contributed by atoms with Gasteiger partial charge in [0.05, 0.1) is 23.3 Å². The van der Waals surface area contributed by atoms with Crippen LogP contribution in [0.2, 0.25) is 0 Å². The highest BCUT2D eigenvalue weighted by molar-refractivity contribution is 7.92. The zero-order chi connectivity index (χ0) is 31.9. The number of halogens is 3. The average molecular weight is 620 g/mol. The Morgan fingerprint density at radius 2 is 1.60 bits per heavy atom. The molecule has 0 unspecified atom stereocenters.